The smallest absolute Gasteiger partial charge is 0.150 e. The Morgan fingerprint density at radius 1 is 1.30 bits per heavy atom. The molecule has 0 radical (unpaired) electrons. The second-order valence-electron chi connectivity index (χ2n) is 4.63. The molecule has 3 nitrogen and oxygen atoms in total. The molecule has 4 heteroatoms. The van der Waals surface area contributed by atoms with Crippen molar-refractivity contribution in [2.75, 3.05) is 6.61 Å². The number of ether oxygens (including phenoxy) is 2. The van der Waals surface area contributed by atoms with Crippen LogP contribution in [0.5, 0.6) is 11.5 Å². The molecule has 2 aromatic rings. The molecule has 102 valence electrons. The summed E-state index contributed by atoms with van der Waals surface area (Å²) in [4.78, 5) is 10.7. The minimum absolute atomic E-state index is 0.366. The maximum atomic E-state index is 10.7. The van der Waals surface area contributed by atoms with Crippen molar-refractivity contribution in [1.82, 2.24) is 0 Å². The second kappa shape index (κ2) is 5.55. The molecular formula is C16H13ClO3. The fourth-order valence-corrected chi connectivity index (χ4v) is 2.56. The number of carbonyl (C=O) groups is 1. The fraction of sp³-hybridized carbons (Fsp3) is 0.188. The highest BCUT2D eigenvalue weighted by Gasteiger charge is 2.17. The molecule has 1 aliphatic heterocycles. The Balaban J connectivity index is 1.80. The maximum Gasteiger partial charge on any atom is 0.150 e. The van der Waals surface area contributed by atoms with E-state index in [0.29, 0.717) is 29.5 Å². The number of halogens is 1. The van der Waals surface area contributed by atoms with Gasteiger partial charge in [0.1, 0.15) is 24.4 Å². The van der Waals surface area contributed by atoms with Crippen LogP contribution in [-0.2, 0) is 13.0 Å². The fourth-order valence-electron chi connectivity index (χ4n) is 2.29. The number of fused-ring (bicyclic) bond motifs is 1. The Labute approximate surface area is 122 Å². The minimum Gasteiger partial charge on any atom is -0.493 e. The predicted molar refractivity (Wildman–Crippen MR) is 76.8 cm³/mol. The average Bonchev–Trinajstić information content (AvgIpc) is 2.93. The highest BCUT2D eigenvalue weighted by Crippen LogP contribution is 2.33. The summed E-state index contributed by atoms with van der Waals surface area (Å²) in [5.41, 5.74) is 2.65. The number of hydrogen-bond donors (Lipinski definition) is 0. The highest BCUT2D eigenvalue weighted by molar-refractivity contribution is 6.30. The van der Waals surface area contributed by atoms with Crippen LogP contribution in [0.4, 0.5) is 0 Å². The van der Waals surface area contributed by atoms with Crippen molar-refractivity contribution in [3.05, 3.63) is 58.1 Å². The van der Waals surface area contributed by atoms with Crippen molar-refractivity contribution in [3.8, 4) is 11.5 Å². The molecule has 20 heavy (non-hydrogen) atoms. The first-order valence-corrected chi connectivity index (χ1v) is 6.76. The van der Waals surface area contributed by atoms with Gasteiger partial charge in [-0.05, 0) is 29.8 Å². The Kier molecular flexibility index (Phi) is 3.61. The van der Waals surface area contributed by atoms with Crippen LogP contribution in [0.1, 0.15) is 21.5 Å². The molecule has 0 bridgehead atoms. The zero-order valence-electron chi connectivity index (χ0n) is 10.8. The molecule has 0 N–H and O–H groups in total. The van der Waals surface area contributed by atoms with E-state index in [0.717, 1.165) is 29.6 Å². The van der Waals surface area contributed by atoms with Crippen LogP contribution in [0.25, 0.3) is 0 Å². The van der Waals surface area contributed by atoms with Gasteiger partial charge in [-0.25, -0.2) is 0 Å². The number of benzene rings is 2. The molecule has 0 saturated heterocycles. The lowest BCUT2D eigenvalue weighted by Gasteiger charge is -2.11. The average molecular weight is 289 g/mol. The zero-order valence-corrected chi connectivity index (χ0v) is 11.5. The highest BCUT2D eigenvalue weighted by atomic mass is 35.5. The quantitative estimate of drug-likeness (QED) is 0.805. The third kappa shape index (κ3) is 2.63. The number of rotatable bonds is 4. The topological polar surface area (TPSA) is 35.5 Å². The lowest BCUT2D eigenvalue weighted by Crippen LogP contribution is -1.99. The van der Waals surface area contributed by atoms with E-state index < -0.39 is 0 Å². The van der Waals surface area contributed by atoms with Crippen molar-refractivity contribution in [2.45, 2.75) is 13.0 Å². The van der Waals surface area contributed by atoms with Crippen LogP contribution < -0.4 is 9.47 Å². The van der Waals surface area contributed by atoms with Crippen molar-refractivity contribution < 1.29 is 14.3 Å². The standard InChI is InChI=1S/C16H13ClO3/c17-14-7-12-4-5-19-16(12)13(8-14)10-20-15-3-1-2-11(6-15)9-18/h1-3,6-9H,4-5,10H2. The van der Waals surface area contributed by atoms with Gasteiger partial charge in [0.25, 0.3) is 0 Å². The monoisotopic (exact) mass is 288 g/mol. The minimum atomic E-state index is 0.366. The van der Waals surface area contributed by atoms with Gasteiger partial charge in [-0.1, -0.05) is 23.7 Å². The SMILES string of the molecule is O=Cc1cccc(OCc2cc(Cl)cc3c2OCC3)c1. The van der Waals surface area contributed by atoms with Gasteiger partial charge in [0.2, 0.25) is 0 Å². The molecule has 0 spiro atoms. The Hall–Kier alpha value is -2.00. The Morgan fingerprint density at radius 3 is 3.05 bits per heavy atom. The molecule has 0 saturated carbocycles. The lowest BCUT2D eigenvalue weighted by molar-refractivity contribution is 0.112. The first-order chi connectivity index (χ1) is 9.76. The van der Waals surface area contributed by atoms with Gasteiger partial charge in [0.15, 0.2) is 0 Å². The summed E-state index contributed by atoms with van der Waals surface area (Å²) in [6.45, 7) is 1.05. The van der Waals surface area contributed by atoms with E-state index in [9.17, 15) is 4.79 Å². The van der Waals surface area contributed by atoms with E-state index in [2.05, 4.69) is 0 Å². The molecule has 2 aromatic carbocycles. The summed E-state index contributed by atoms with van der Waals surface area (Å²) in [6, 6.07) is 10.8. The van der Waals surface area contributed by atoms with Crippen molar-refractivity contribution in [1.29, 1.82) is 0 Å². The molecule has 0 aliphatic carbocycles. The molecule has 0 amide bonds. The zero-order chi connectivity index (χ0) is 13.9. The molecule has 0 unspecified atom stereocenters. The third-order valence-corrected chi connectivity index (χ3v) is 3.43. The van der Waals surface area contributed by atoms with Crippen molar-refractivity contribution >= 4 is 17.9 Å². The van der Waals surface area contributed by atoms with Gasteiger partial charge in [-0.2, -0.15) is 0 Å². The van der Waals surface area contributed by atoms with E-state index >= 15 is 0 Å². The van der Waals surface area contributed by atoms with Crippen molar-refractivity contribution in [3.63, 3.8) is 0 Å². The van der Waals surface area contributed by atoms with Gasteiger partial charge in [-0.15, -0.1) is 0 Å². The second-order valence-corrected chi connectivity index (χ2v) is 5.07. The van der Waals surface area contributed by atoms with Gasteiger partial charge >= 0.3 is 0 Å². The summed E-state index contributed by atoms with van der Waals surface area (Å²) in [5, 5.41) is 0.689. The van der Waals surface area contributed by atoms with Crippen LogP contribution in [0.3, 0.4) is 0 Å². The van der Waals surface area contributed by atoms with E-state index in [1.165, 1.54) is 0 Å². The number of carbonyl (C=O) groups excluding carboxylic acids is 1. The molecule has 0 aromatic heterocycles. The van der Waals surface area contributed by atoms with E-state index in [4.69, 9.17) is 21.1 Å². The third-order valence-electron chi connectivity index (χ3n) is 3.21. The molecular weight excluding hydrogens is 276 g/mol. The van der Waals surface area contributed by atoms with Gasteiger partial charge in [0.05, 0.1) is 6.61 Å². The Morgan fingerprint density at radius 2 is 2.20 bits per heavy atom. The summed E-state index contributed by atoms with van der Waals surface area (Å²) >= 11 is 6.10. The molecule has 0 fully saturated rings. The molecule has 0 atom stereocenters. The normalized spacial score (nSPS) is 12.7. The predicted octanol–water partition coefficient (Wildman–Crippen LogP) is 3.67. The molecule has 3 rings (SSSR count). The number of hydrogen-bond acceptors (Lipinski definition) is 3. The van der Waals surface area contributed by atoms with Crippen LogP contribution in [0.2, 0.25) is 5.02 Å². The summed E-state index contributed by atoms with van der Waals surface area (Å²) < 4.78 is 11.3. The molecule has 1 aliphatic rings. The first-order valence-electron chi connectivity index (χ1n) is 6.38. The van der Waals surface area contributed by atoms with Crippen LogP contribution in [0.15, 0.2) is 36.4 Å². The largest absolute Gasteiger partial charge is 0.493 e. The van der Waals surface area contributed by atoms with E-state index in [-0.39, 0.29) is 0 Å². The van der Waals surface area contributed by atoms with Crippen LogP contribution >= 0.6 is 11.6 Å². The summed E-state index contributed by atoms with van der Waals surface area (Å²) in [7, 11) is 0. The van der Waals surface area contributed by atoms with E-state index in [1.807, 2.05) is 18.2 Å². The summed E-state index contributed by atoms with van der Waals surface area (Å²) in [6.07, 6.45) is 1.68. The van der Waals surface area contributed by atoms with Gasteiger partial charge in [0, 0.05) is 22.6 Å². The first kappa shape index (κ1) is 13.0. The van der Waals surface area contributed by atoms with Crippen molar-refractivity contribution in [2.24, 2.45) is 0 Å². The van der Waals surface area contributed by atoms with Gasteiger partial charge in [-0.3, -0.25) is 4.79 Å². The summed E-state index contributed by atoms with van der Waals surface area (Å²) in [5.74, 6) is 1.53. The van der Waals surface area contributed by atoms with Gasteiger partial charge < -0.3 is 9.47 Å². The number of aldehydes is 1. The Bertz CT molecular complexity index is 652. The van der Waals surface area contributed by atoms with Crippen LogP contribution in [0, 0.1) is 0 Å². The molecule has 1 heterocycles. The van der Waals surface area contributed by atoms with Crippen LogP contribution in [-0.4, -0.2) is 12.9 Å². The van der Waals surface area contributed by atoms with E-state index in [1.54, 1.807) is 18.2 Å². The maximum absolute atomic E-state index is 10.7. The lowest BCUT2D eigenvalue weighted by atomic mass is 10.1.